The van der Waals surface area contributed by atoms with E-state index in [0.717, 1.165) is 45.3 Å². The fourth-order valence-electron chi connectivity index (χ4n) is 3.85. The highest BCUT2D eigenvalue weighted by Crippen LogP contribution is 2.24. The van der Waals surface area contributed by atoms with E-state index in [9.17, 15) is 9.18 Å². The van der Waals surface area contributed by atoms with E-state index < -0.39 is 0 Å². The third kappa shape index (κ3) is 3.90. The van der Waals surface area contributed by atoms with Crippen LogP contribution in [0, 0.1) is 11.7 Å². The van der Waals surface area contributed by atoms with Crippen LogP contribution in [0.3, 0.4) is 0 Å². The van der Waals surface area contributed by atoms with E-state index in [1.54, 1.807) is 0 Å². The van der Waals surface area contributed by atoms with Gasteiger partial charge in [0.05, 0.1) is 6.04 Å². The van der Waals surface area contributed by atoms with Gasteiger partial charge in [0.15, 0.2) is 0 Å². The molecule has 5 heteroatoms. The maximum Gasteiger partial charge on any atom is 0.239 e. The summed E-state index contributed by atoms with van der Waals surface area (Å²) < 4.78 is 13.0. The van der Waals surface area contributed by atoms with E-state index in [1.807, 2.05) is 24.1 Å². The molecule has 3 rings (SSSR count). The summed E-state index contributed by atoms with van der Waals surface area (Å²) in [6.07, 6.45) is 3.78. The second kappa shape index (κ2) is 6.97. The van der Waals surface area contributed by atoms with Crippen molar-refractivity contribution in [1.82, 2.24) is 9.80 Å². The first-order chi connectivity index (χ1) is 11.0. The molecule has 23 heavy (non-hydrogen) atoms. The first kappa shape index (κ1) is 16.4. The Balaban J connectivity index is 1.50. The lowest BCUT2D eigenvalue weighted by Crippen LogP contribution is -2.47. The van der Waals surface area contributed by atoms with Gasteiger partial charge >= 0.3 is 0 Å². The van der Waals surface area contributed by atoms with Crippen molar-refractivity contribution >= 4 is 5.91 Å². The van der Waals surface area contributed by atoms with Crippen molar-refractivity contribution in [3.8, 4) is 0 Å². The van der Waals surface area contributed by atoms with Crippen LogP contribution in [0.25, 0.3) is 0 Å². The van der Waals surface area contributed by atoms with E-state index in [0.29, 0.717) is 5.92 Å². The van der Waals surface area contributed by atoms with Gasteiger partial charge in [0.25, 0.3) is 0 Å². The lowest BCUT2D eigenvalue weighted by atomic mass is 9.90. The van der Waals surface area contributed by atoms with Gasteiger partial charge in [0.2, 0.25) is 5.91 Å². The number of amides is 1. The standard InChI is InChI=1S/C18H26FN3O/c1-21-12-16(20)11-17(21)18(23)22-8-6-14(7-9-22)10-13-2-4-15(19)5-3-13/h2-5,14,16-17H,6-12,20H2,1H3/t16-,17-/m0/s1. The molecule has 0 unspecified atom stereocenters. The lowest BCUT2D eigenvalue weighted by Gasteiger charge is -2.35. The Kier molecular flexibility index (Phi) is 4.97. The molecule has 0 aromatic heterocycles. The molecule has 2 fully saturated rings. The average molecular weight is 319 g/mol. The number of nitrogens with zero attached hydrogens (tertiary/aromatic N) is 2. The summed E-state index contributed by atoms with van der Waals surface area (Å²) in [6.45, 7) is 2.45. The van der Waals surface area contributed by atoms with E-state index in [4.69, 9.17) is 5.73 Å². The zero-order chi connectivity index (χ0) is 16.4. The summed E-state index contributed by atoms with van der Waals surface area (Å²) in [7, 11) is 1.98. The van der Waals surface area contributed by atoms with Gasteiger partial charge < -0.3 is 10.6 Å². The maximum atomic E-state index is 13.0. The highest BCUT2D eigenvalue weighted by Gasteiger charge is 2.36. The quantitative estimate of drug-likeness (QED) is 0.921. The van der Waals surface area contributed by atoms with Gasteiger partial charge in [-0.25, -0.2) is 4.39 Å². The van der Waals surface area contributed by atoms with Gasteiger partial charge in [0.1, 0.15) is 5.82 Å². The molecule has 126 valence electrons. The van der Waals surface area contributed by atoms with Gasteiger partial charge in [-0.3, -0.25) is 9.69 Å². The number of hydrogen-bond donors (Lipinski definition) is 1. The number of rotatable bonds is 3. The molecule has 2 aliphatic heterocycles. The molecule has 2 saturated heterocycles. The highest BCUT2D eigenvalue weighted by molar-refractivity contribution is 5.82. The van der Waals surface area contributed by atoms with Crippen LogP contribution in [-0.4, -0.2) is 54.5 Å². The minimum absolute atomic E-state index is 0.0429. The molecule has 2 N–H and O–H groups in total. The molecule has 2 aliphatic rings. The average Bonchev–Trinajstić information content (AvgIpc) is 2.88. The number of likely N-dealkylation sites (N-methyl/N-ethyl adjacent to an activating group) is 1. The van der Waals surface area contributed by atoms with Crippen molar-refractivity contribution in [1.29, 1.82) is 0 Å². The van der Waals surface area contributed by atoms with Gasteiger partial charge in [-0.1, -0.05) is 12.1 Å². The van der Waals surface area contributed by atoms with Crippen molar-refractivity contribution in [3.63, 3.8) is 0 Å². The molecule has 1 aromatic carbocycles. The van der Waals surface area contributed by atoms with Crippen molar-refractivity contribution < 1.29 is 9.18 Å². The van der Waals surface area contributed by atoms with Crippen LogP contribution in [0.5, 0.6) is 0 Å². The minimum Gasteiger partial charge on any atom is -0.341 e. The number of carbonyl (C=O) groups is 1. The van der Waals surface area contributed by atoms with Crippen molar-refractivity contribution in [2.24, 2.45) is 11.7 Å². The number of nitrogens with two attached hydrogens (primary N) is 1. The van der Waals surface area contributed by atoms with Crippen LogP contribution in [0.15, 0.2) is 24.3 Å². The zero-order valence-corrected chi connectivity index (χ0v) is 13.7. The summed E-state index contributed by atoms with van der Waals surface area (Å²) in [5, 5.41) is 0. The number of hydrogen-bond acceptors (Lipinski definition) is 3. The predicted octanol–water partition coefficient (Wildman–Crippen LogP) is 1.64. The van der Waals surface area contributed by atoms with Crippen molar-refractivity contribution in [2.75, 3.05) is 26.7 Å². The third-order valence-corrected chi connectivity index (χ3v) is 5.23. The first-order valence-corrected chi connectivity index (χ1v) is 8.52. The van der Waals surface area contributed by atoms with Gasteiger partial charge in [-0.15, -0.1) is 0 Å². The second-order valence-corrected chi connectivity index (χ2v) is 7.05. The Morgan fingerprint density at radius 2 is 1.91 bits per heavy atom. The fraction of sp³-hybridized carbons (Fsp3) is 0.611. The minimum atomic E-state index is -0.187. The van der Waals surface area contributed by atoms with E-state index in [-0.39, 0.29) is 23.8 Å². The zero-order valence-electron chi connectivity index (χ0n) is 13.7. The largest absolute Gasteiger partial charge is 0.341 e. The molecule has 0 saturated carbocycles. The normalized spacial score (nSPS) is 26.7. The van der Waals surface area contributed by atoms with Gasteiger partial charge in [-0.2, -0.15) is 0 Å². The molecule has 0 spiro atoms. The lowest BCUT2D eigenvalue weighted by molar-refractivity contribution is -0.137. The smallest absolute Gasteiger partial charge is 0.239 e. The molecule has 0 radical (unpaired) electrons. The SMILES string of the molecule is CN1C[C@@H](N)C[C@H]1C(=O)N1CCC(Cc2ccc(F)cc2)CC1. The van der Waals surface area contributed by atoms with Crippen LogP contribution >= 0.6 is 0 Å². The number of halogens is 1. The number of carbonyl (C=O) groups excluding carboxylic acids is 1. The Bertz CT molecular complexity index is 540. The molecule has 0 bridgehead atoms. The summed E-state index contributed by atoms with van der Waals surface area (Å²) >= 11 is 0. The molecular formula is C18H26FN3O. The number of likely N-dealkylation sites (tertiary alicyclic amines) is 2. The Labute approximate surface area is 137 Å². The monoisotopic (exact) mass is 319 g/mol. The van der Waals surface area contributed by atoms with Crippen molar-refractivity contribution in [3.05, 3.63) is 35.6 Å². The summed E-state index contributed by atoms with van der Waals surface area (Å²) in [5.74, 6) is 0.627. The Morgan fingerprint density at radius 1 is 1.26 bits per heavy atom. The van der Waals surface area contributed by atoms with Gasteiger partial charge in [-0.05, 0) is 56.3 Å². The first-order valence-electron chi connectivity index (χ1n) is 8.52. The van der Waals surface area contributed by atoms with Crippen LogP contribution in [0.4, 0.5) is 4.39 Å². The number of benzene rings is 1. The van der Waals surface area contributed by atoms with E-state index >= 15 is 0 Å². The topological polar surface area (TPSA) is 49.6 Å². The summed E-state index contributed by atoms with van der Waals surface area (Å²) in [4.78, 5) is 16.7. The van der Waals surface area contributed by atoms with Crippen LogP contribution in [0.1, 0.15) is 24.8 Å². The van der Waals surface area contributed by atoms with Crippen LogP contribution in [0.2, 0.25) is 0 Å². The van der Waals surface area contributed by atoms with Gasteiger partial charge in [0, 0.05) is 25.7 Å². The maximum absolute atomic E-state index is 13.0. The third-order valence-electron chi connectivity index (χ3n) is 5.23. The van der Waals surface area contributed by atoms with E-state index in [2.05, 4.69) is 4.90 Å². The Morgan fingerprint density at radius 3 is 2.48 bits per heavy atom. The Hall–Kier alpha value is -1.46. The summed E-state index contributed by atoms with van der Waals surface area (Å²) in [5.41, 5.74) is 7.14. The molecular weight excluding hydrogens is 293 g/mol. The highest BCUT2D eigenvalue weighted by atomic mass is 19.1. The molecule has 4 nitrogen and oxygen atoms in total. The van der Waals surface area contributed by atoms with Crippen molar-refractivity contribution in [2.45, 2.75) is 37.8 Å². The molecule has 2 heterocycles. The number of piperidine rings is 1. The molecule has 0 aliphatic carbocycles. The predicted molar refractivity (Wildman–Crippen MR) is 88.4 cm³/mol. The fourth-order valence-corrected chi connectivity index (χ4v) is 3.85. The second-order valence-electron chi connectivity index (χ2n) is 7.05. The molecule has 2 atom stereocenters. The molecule has 1 amide bonds. The van der Waals surface area contributed by atoms with Crippen LogP contribution < -0.4 is 5.73 Å². The summed E-state index contributed by atoms with van der Waals surface area (Å²) in [6, 6.07) is 6.84. The molecule has 1 aromatic rings. The van der Waals surface area contributed by atoms with Crippen LogP contribution in [-0.2, 0) is 11.2 Å². The van der Waals surface area contributed by atoms with E-state index in [1.165, 1.54) is 17.7 Å².